The molecule has 2 aromatic carbocycles. The molecule has 100 valence electrons. The minimum atomic E-state index is -0.301. The molecule has 1 heterocycles. The molecule has 0 aliphatic carbocycles. The third kappa shape index (κ3) is 2.83. The average Bonchev–Trinajstić information content (AvgIpc) is 2.89. The molecule has 0 aliphatic heterocycles. The van der Waals surface area contributed by atoms with Crippen LogP contribution in [0.15, 0.2) is 48.0 Å². The maximum atomic E-state index is 12.8. The van der Waals surface area contributed by atoms with E-state index in [0.717, 1.165) is 21.5 Å². The molecule has 20 heavy (non-hydrogen) atoms. The van der Waals surface area contributed by atoms with Gasteiger partial charge in [-0.15, -0.1) is 11.3 Å². The Morgan fingerprint density at radius 3 is 2.80 bits per heavy atom. The van der Waals surface area contributed by atoms with Gasteiger partial charge in [-0.2, -0.15) is 0 Å². The van der Waals surface area contributed by atoms with E-state index in [1.807, 2.05) is 18.2 Å². The molecule has 0 bridgehead atoms. The van der Waals surface area contributed by atoms with Crippen LogP contribution in [0.3, 0.4) is 0 Å². The zero-order valence-corrected chi connectivity index (χ0v) is 11.3. The van der Waals surface area contributed by atoms with Crippen LogP contribution in [-0.4, -0.2) is 10.9 Å². The lowest BCUT2D eigenvalue weighted by molar-refractivity contribution is -0.115. The number of aromatic nitrogens is 1. The topological polar surface area (TPSA) is 42.0 Å². The molecule has 0 spiro atoms. The quantitative estimate of drug-likeness (QED) is 0.799. The molecule has 3 rings (SSSR count). The maximum absolute atomic E-state index is 12.8. The SMILES string of the molecule is O=C(Cc1ccc(F)cc1)Nc1ccc2ncsc2c1. The minimum Gasteiger partial charge on any atom is -0.326 e. The van der Waals surface area contributed by atoms with Gasteiger partial charge in [-0.3, -0.25) is 4.79 Å². The standard InChI is InChI=1S/C15H11FN2OS/c16-11-3-1-10(2-4-11)7-15(19)18-12-5-6-13-14(8-12)20-9-17-13/h1-6,8-9H,7H2,(H,18,19). The summed E-state index contributed by atoms with van der Waals surface area (Å²) < 4.78 is 13.8. The molecular weight excluding hydrogens is 275 g/mol. The van der Waals surface area contributed by atoms with Crippen LogP contribution in [0.1, 0.15) is 5.56 Å². The van der Waals surface area contributed by atoms with E-state index in [0.29, 0.717) is 0 Å². The Morgan fingerprint density at radius 2 is 2.00 bits per heavy atom. The number of rotatable bonds is 3. The molecule has 0 radical (unpaired) electrons. The summed E-state index contributed by atoms with van der Waals surface area (Å²) in [6, 6.07) is 11.5. The van der Waals surface area contributed by atoms with Crippen LogP contribution in [0.4, 0.5) is 10.1 Å². The fraction of sp³-hybridized carbons (Fsp3) is 0.0667. The number of nitrogens with one attached hydrogen (secondary N) is 1. The maximum Gasteiger partial charge on any atom is 0.228 e. The van der Waals surface area contributed by atoms with E-state index in [9.17, 15) is 9.18 Å². The number of halogens is 1. The van der Waals surface area contributed by atoms with Crippen molar-refractivity contribution >= 4 is 33.1 Å². The first-order valence-electron chi connectivity index (χ1n) is 6.08. The van der Waals surface area contributed by atoms with Crippen LogP contribution in [0.5, 0.6) is 0 Å². The summed E-state index contributed by atoms with van der Waals surface area (Å²) >= 11 is 1.53. The Kier molecular flexibility index (Phi) is 3.43. The third-order valence-corrected chi connectivity index (χ3v) is 3.68. The third-order valence-electron chi connectivity index (χ3n) is 2.89. The van der Waals surface area contributed by atoms with Crippen molar-refractivity contribution in [3.63, 3.8) is 0 Å². The summed E-state index contributed by atoms with van der Waals surface area (Å²) in [6.45, 7) is 0. The zero-order valence-electron chi connectivity index (χ0n) is 10.5. The fourth-order valence-electron chi connectivity index (χ4n) is 1.93. The molecule has 0 saturated heterocycles. The highest BCUT2D eigenvalue weighted by molar-refractivity contribution is 7.16. The molecule has 0 unspecified atom stereocenters. The second-order valence-corrected chi connectivity index (χ2v) is 5.27. The number of hydrogen-bond donors (Lipinski definition) is 1. The largest absolute Gasteiger partial charge is 0.326 e. The molecule has 1 amide bonds. The lowest BCUT2D eigenvalue weighted by Crippen LogP contribution is -2.14. The lowest BCUT2D eigenvalue weighted by Gasteiger charge is -2.05. The van der Waals surface area contributed by atoms with E-state index in [1.165, 1.54) is 23.5 Å². The minimum absolute atomic E-state index is 0.125. The Labute approximate surface area is 119 Å². The van der Waals surface area contributed by atoms with E-state index in [1.54, 1.807) is 17.6 Å². The van der Waals surface area contributed by atoms with Gasteiger partial charge in [0, 0.05) is 5.69 Å². The average molecular weight is 286 g/mol. The molecule has 0 atom stereocenters. The fourth-order valence-corrected chi connectivity index (χ4v) is 2.64. The monoisotopic (exact) mass is 286 g/mol. The summed E-state index contributed by atoms with van der Waals surface area (Å²) in [5.41, 5.74) is 4.22. The second-order valence-electron chi connectivity index (χ2n) is 4.39. The molecular formula is C15H11FN2OS. The Morgan fingerprint density at radius 1 is 1.20 bits per heavy atom. The Balaban J connectivity index is 1.70. The smallest absolute Gasteiger partial charge is 0.228 e. The Hall–Kier alpha value is -2.27. The van der Waals surface area contributed by atoms with Crippen molar-refractivity contribution in [2.24, 2.45) is 0 Å². The first kappa shape index (κ1) is 12.7. The molecule has 3 aromatic rings. The van der Waals surface area contributed by atoms with Gasteiger partial charge in [0.2, 0.25) is 5.91 Å². The van der Waals surface area contributed by atoms with Gasteiger partial charge in [0.25, 0.3) is 0 Å². The van der Waals surface area contributed by atoms with Gasteiger partial charge in [-0.25, -0.2) is 9.37 Å². The van der Waals surface area contributed by atoms with E-state index in [-0.39, 0.29) is 18.1 Å². The van der Waals surface area contributed by atoms with Gasteiger partial charge in [0.15, 0.2) is 0 Å². The molecule has 3 nitrogen and oxygen atoms in total. The number of carbonyl (C=O) groups excluding carboxylic acids is 1. The predicted octanol–water partition coefficient (Wildman–Crippen LogP) is 3.62. The van der Waals surface area contributed by atoms with Gasteiger partial charge in [-0.05, 0) is 35.9 Å². The van der Waals surface area contributed by atoms with Crippen molar-refractivity contribution in [2.75, 3.05) is 5.32 Å². The van der Waals surface area contributed by atoms with Gasteiger partial charge < -0.3 is 5.32 Å². The molecule has 0 aliphatic rings. The molecule has 0 saturated carbocycles. The zero-order chi connectivity index (χ0) is 13.9. The predicted molar refractivity (Wildman–Crippen MR) is 78.4 cm³/mol. The summed E-state index contributed by atoms with van der Waals surface area (Å²) in [5.74, 6) is -0.426. The Bertz CT molecular complexity index is 752. The molecule has 0 fully saturated rings. The number of amides is 1. The first-order valence-corrected chi connectivity index (χ1v) is 6.96. The molecule has 1 N–H and O–H groups in total. The van der Waals surface area contributed by atoms with Crippen molar-refractivity contribution < 1.29 is 9.18 Å². The summed E-state index contributed by atoms with van der Waals surface area (Å²) in [6.07, 6.45) is 0.223. The van der Waals surface area contributed by atoms with Crippen LogP contribution in [0.25, 0.3) is 10.2 Å². The van der Waals surface area contributed by atoms with Crippen molar-refractivity contribution in [1.29, 1.82) is 0 Å². The summed E-state index contributed by atoms with van der Waals surface area (Å²) in [4.78, 5) is 16.1. The van der Waals surface area contributed by atoms with Crippen LogP contribution in [-0.2, 0) is 11.2 Å². The highest BCUT2D eigenvalue weighted by Crippen LogP contribution is 2.21. The van der Waals surface area contributed by atoms with E-state index in [2.05, 4.69) is 10.3 Å². The van der Waals surface area contributed by atoms with Crippen LogP contribution >= 0.6 is 11.3 Å². The number of fused-ring (bicyclic) bond motifs is 1. The second kappa shape index (κ2) is 5.38. The number of carbonyl (C=O) groups is 1. The van der Waals surface area contributed by atoms with Crippen LogP contribution in [0.2, 0.25) is 0 Å². The van der Waals surface area contributed by atoms with Crippen LogP contribution in [0, 0.1) is 5.82 Å². The summed E-state index contributed by atoms with van der Waals surface area (Å²) in [7, 11) is 0. The van der Waals surface area contributed by atoms with Crippen molar-refractivity contribution in [3.05, 3.63) is 59.4 Å². The number of hydrogen-bond acceptors (Lipinski definition) is 3. The van der Waals surface area contributed by atoms with Gasteiger partial charge in [0.05, 0.1) is 22.1 Å². The first-order chi connectivity index (χ1) is 9.70. The van der Waals surface area contributed by atoms with E-state index in [4.69, 9.17) is 0 Å². The molecule has 1 aromatic heterocycles. The summed E-state index contributed by atoms with van der Waals surface area (Å²) in [5, 5.41) is 2.83. The van der Waals surface area contributed by atoms with Gasteiger partial charge in [0.1, 0.15) is 5.82 Å². The number of anilines is 1. The number of benzene rings is 2. The number of thiazole rings is 1. The van der Waals surface area contributed by atoms with Gasteiger partial charge >= 0.3 is 0 Å². The van der Waals surface area contributed by atoms with Crippen LogP contribution < -0.4 is 5.32 Å². The number of nitrogens with zero attached hydrogens (tertiary/aromatic N) is 1. The van der Waals surface area contributed by atoms with E-state index >= 15 is 0 Å². The highest BCUT2D eigenvalue weighted by Gasteiger charge is 2.05. The van der Waals surface area contributed by atoms with Gasteiger partial charge in [-0.1, -0.05) is 12.1 Å². The molecule has 5 heteroatoms. The van der Waals surface area contributed by atoms with Crippen molar-refractivity contribution in [3.8, 4) is 0 Å². The normalized spacial score (nSPS) is 10.7. The highest BCUT2D eigenvalue weighted by atomic mass is 32.1. The lowest BCUT2D eigenvalue weighted by atomic mass is 10.1. The van der Waals surface area contributed by atoms with Crippen molar-refractivity contribution in [1.82, 2.24) is 4.98 Å². The van der Waals surface area contributed by atoms with E-state index < -0.39 is 0 Å². The van der Waals surface area contributed by atoms with Crippen molar-refractivity contribution in [2.45, 2.75) is 6.42 Å².